The highest BCUT2D eigenvalue weighted by Gasteiger charge is 2.44. The highest BCUT2D eigenvalue weighted by Crippen LogP contribution is 2.66. The predicted molar refractivity (Wildman–Crippen MR) is 102 cm³/mol. The first-order valence-corrected chi connectivity index (χ1v) is 13.0. The van der Waals surface area contributed by atoms with Crippen LogP contribution in [-0.2, 0) is 36.4 Å². The van der Waals surface area contributed by atoms with Crippen molar-refractivity contribution in [2.75, 3.05) is 13.7 Å². The van der Waals surface area contributed by atoms with Crippen LogP contribution in [-0.4, -0.2) is 54.8 Å². The molecular formula is C12H20N3O14P3. The van der Waals surface area contributed by atoms with Crippen molar-refractivity contribution in [1.29, 1.82) is 0 Å². The highest BCUT2D eigenvalue weighted by atomic mass is 31.3. The molecule has 6 N–H and O–H groups in total. The summed E-state index contributed by atoms with van der Waals surface area (Å²) in [6, 6.07) is 0. The van der Waals surface area contributed by atoms with Gasteiger partial charge in [0, 0.05) is 25.2 Å². The minimum atomic E-state index is -5.71. The fourth-order valence-corrected chi connectivity index (χ4v) is 5.82. The number of amides is 1. The van der Waals surface area contributed by atoms with Gasteiger partial charge in [0.25, 0.3) is 5.56 Å². The number of hydrogen-bond donors (Lipinski definition) is 6. The zero-order valence-electron chi connectivity index (χ0n) is 16.4. The number of phosphoric acid groups is 3. The second kappa shape index (κ2) is 9.79. The topological polar surface area (TPSA) is 253 Å². The van der Waals surface area contributed by atoms with Gasteiger partial charge in [-0.1, -0.05) is 0 Å². The van der Waals surface area contributed by atoms with E-state index in [0.717, 1.165) is 4.57 Å². The van der Waals surface area contributed by atoms with Crippen molar-refractivity contribution >= 4 is 29.4 Å². The minimum absolute atomic E-state index is 0.116. The number of nitrogens with zero attached hydrogens (tertiary/aromatic N) is 1. The fraction of sp³-hybridized carbons (Fsp3) is 0.583. The van der Waals surface area contributed by atoms with Gasteiger partial charge >= 0.3 is 29.2 Å². The second-order valence-electron chi connectivity index (χ2n) is 6.45. The van der Waals surface area contributed by atoms with E-state index in [1.807, 2.05) is 0 Å². The summed E-state index contributed by atoms with van der Waals surface area (Å²) >= 11 is 0. The third kappa shape index (κ3) is 7.27. The summed E-state index contributed by atoms with van der Waals surface area (Å²) in [5.41, 5.74) is -1.30. The van der Waals surface area contributed by atoms with Crippen molar-refractivity contribution < 1.29 is 55.9 Å². The van der Waals surface area contributed by atoms with Crippen LogP contribution in [0.25, 0.3) is 0 Å². The Kier molecular flexibility index (Phi) is 8.19. The van der Waals surface area contributed by atoms with Crippen molar-refractivity contribution in [3.05, 3.63) is 32.6 Å². The number of H-pyrrole nitrogens is 1. The number of carbonyl (C=O) groups is 1. The lowest BCUT2D eigenvalue weighted by Gasteiger charge is -2.20. The largest absolute Gasteiger partial charge is 0.490 e. The van der Waals surface area contributed by atoms with E-state index in [0.29, 0.717) is 0 Å². The van der Waals surface area contributed by atoms with E-state index in [4.69, 9.17) is 19.4 Å². The fourth-order valence-electron chi connectivity index (χ4n) is 2.79. The smallest absolute Gasteiger partial charge is 0.359 e. The number of hydrogen-bond acceptors (Lipinski definition) is 10. The van der Waals surface area contributed by atoms with Gasteiger partial charge in [0.2, 0.25) is 5.91 Å². The maximum absolute atomic E-state index is 12.2. The Hall–Kier alpha value is -1.48. The molecule has 1 aromatic heterocycles. The number of nitrogens with one attached hydrogen (secondary N) is 2. The molecule has 2 rings (SSSR count). The Morgan fingerprint density at radius 2 is 1.84 bits per heavy atom. The Balaban J connectivity index is 2.17. The summed E-state index contributed by atoms with van der Waals surface area (Å²) in [7, 11) is -15.4. The van der Waals surface area contributed by atoms with E-state index in [-0.39, 0.29) is 12.0 Å². The summed E-state index contributed by atoms with van der Waals surface area (Å²) in [5.74, 6) is -1.63. The molecule has 0 aromatic carbocycles. The van der Waals surface area contributed by atoms with Crippen LogP contribution in [0.15, 0.2) is 15.8 Å². The summed E-state index contributed by atoms with van der Waals surface area (Å²) in [6.45, 7) is 0.544. The quantitative estimate of drug-likeness (QED) is 0.209. The average molecular weight is 523 g/mol. The molecule has 1 aromatic rings. The summed E-state index contributed by atoms with van der Waals surface area (Å²) in [4.78, 5) is 73.6. The Morgan fingerprint density at radius 3 is 2.41 bits per heavy atom. The third-order valence-corrected chi connectivity index (χ3v) is 7.90. The monoisotopic (exact) mass is 523 g/mol. The number of rotatable bonds is 9. The molecule has 1 amide bonds. The van der Waals surface area contributed by atoms with Gasteiger partial charge in [-0.3, -0.25) is 23.7 Å². The highest BCUT2D eigenvalue weighted by molar-refractivity contribution is 7.66. The Bertz CT molecular complexity index is 1120. The molecule has 2 unspecified atom stereocenters. The van der Waals surface area contributed by atoms with E-state index in [2.05, 4.69) is 23.4 Å². The number of phosphoric ester groups is 1. The van der Waals surface area contributed by atoms with E-state index in [9.17, 15) is 33.0 Å². The molecule has 17 nitrogen and oxygen atoms in total. The molecule has 0 bridgehead atoms. The average Bonchev–Trinajstić information content (AvgIpc) is 3.03. The van der Waals surface area contributed by atoms with E-state index >= 15 is 0 Å². The number of aryl methyl sites for hydroxylation is 1. The van der Waals surface area contributed by atoms with Crippen LogP contribution in [0.3, 0.4) is 0 Å². The molecule has 20 heteroatoms. The molecule has 182 valence electrons. The third-order valence-electron chi connectivity index (χ3n) is 4.09. The molecule has 0 radical (unpaired) electrons. The molecule has 0 saturated carbocycles. The number of aromatic nitrogens is 2. The van der Waals surface area contributed by atoms with E-state index in [1.165, 1.54) is 20.2 Å². The van der Waals surface area contributed by atoms with Gasteiger partial charge in [-0.05, 0) is 6.92 Å². The maximum Gasteiger partial charge on any atom is 0.490 e. The van der Waals surface area contributed by atoms with Crippen LogP contribution in [0.4, 0.5) is 0 Å². The molecule has 0 spiro atoms. The van der Waals surface area contributed by atoms with Crippen molar-refractivity contribution in [3.63, 3.8) is 0 Å². The molecule has 1 saturated heterocycles. The van der Waals surface area contributed by atoms with Crippen molar-refractivity contribution in [3.8, 4) is 0 Å². The summed E-state index contributed by atoms with van der Waals surface area (Å²) < 4.78 is 52.2. The first-order chi connectivity index (χ1) is 14.5. The summed E-state index contributed by atoms with van der Waals surface area (Å²) in [6.07, 6.45) is -1.29. The lowest BCUT2D eigenvalue weighted by Crippen LogP contribution is -2.35. The molecule has 1 aliphatic rings. The predicted octanol–water partition coefficient (Wildman–Crippen LogP) is -1.16. The van der Waals surface area contributed by atoms with E-state index in [1.54, 1.807) is 0 Å². The zero-order valence-corrected chi connectivity index (χ0v) is 19.1. The number of ether oxygens (including phenoxy) is 1. The first-order valence-electron chi connectivity index (χ1n) is 8.51. The van der Waals surface area contributed by atoms with Crippen LogP contribution in [0, 0.1) is 12.8 Å². The van der Waals surface area contributed by atoms with Crippen LogP contribution < -0.4 is 16.6 Å². The molecule has 1 fully saturated rings. The number of aromatic amines is 1. The second-order valence-corrected chi connectivity index (χ2v) is 10.9. The van der Waals surface area contributed by atoms with Crippen LogP contribution in [0.2, 0.25) is 0 Å². The number of carbonyl (C=O) groups excluding carboxylic acids is 1. The van der Waals surface area contributed by atoms with Crippen LogP contribution in [0.5, 0.6) is 0 Å². The first kappa shape index (κ1) is 26.8. The van der Waals surface area contributed by atoms with Crippen molar-refractivity contribution in [2.45, 2.75) is 25.7 Å². The molecule has 2 heterocycles. The molecule has 32 heavy (non-hydrogen) atoms. The molecule has 0 aliphatic carbocycles. The van der Waals surface area contributed by atoms with Gasteiger partial charge in [-0.25, -0.2) is 18.5 Å². The summed E-state index contributed by atoms with van der Waals surface area (Å²) in [5, 5.41) is 2.33. The van der Waals surface area contributed by atoms with Gasteiger partial charge in [-0.15, -0.1) is 0 Å². The zero-order chi connectivity index (χ0) is 24.5. The van der Waals surface area contributed by atoms with Gasteiger partial charge in [-0.2, -0.15) is 8.62 Å². The van der Waals surface area contributed by atoms with Crippen molar-refractivity contribution in [2.24, 2.45) is 5.92 Å². The molecule has 5 atom stereocenters. The SMILES string of the molecule is CNC(=O)[C@H]1C[C@H](n2cc(C)c(=O)[nH]c2=O)O[C@@H]1COP(=O)(O)OP(=O)(O)OP(=O)(O)O. The standard InChI is InChI=1S/C12H20N3O14P3/c1-6-4-15(12(18)14-10(6)16)9-3-7(11(17)13-2)8(27-9)5-26-31(22,23)29-32(24,25)28-30(19,20)21/h4,7-9H,3,5H2,1-2H3,(H,13,17)(H,22,23)(H,24,25)(H,14,16,18)(H2,19,20,21)/t7-,8+,9+/m0/s1. The Labute approximate surface area is 178 Å². The minimum Gasteiger partial charge on any atom is -0.359 e. The lowest BCUT2D eigenvalue weighted by atomic mass is 10.0. The Morgan fingerprint density at radius 1 is 1.22 bits per heavy atom. The van der Waals surface area contributed by atoms with E-state index < -0.39 is 65.5 Å². The van der Waals surface area contributed by atoms with Gasteiger partial charge in [0.1, 0.15) is 6.23 Å². The van der Waals surface area contributed by atoms with Gasteiger partial charge in [0.05, 0.1) is 18.6 Å². The van der Waals surface area contributed by atoms with Gasteiger partial charge < -0.3 is 29.6 Å². The normalized spacial score (nSPS) is 25.1. The maximum atomic E-state index is 12.2. The lowest BCUT2D eigenvalue weighted by molar-refractivity contribution is -0.127. The molecule has 1 aliphatic heterocycles. The molecular weight excluding hydrogens is 503 g/mol. The van der Waals surface area contributed by atoms with Crippen LogP contribution >= 0.6 is 23.5 Å². The van der Waals surface area contributed by atoms with Gasteiger partial charge in [0.15, 0.2) is 0 Å². The van der Waals surface area contributed by atoms with Crippen molar-refractivity contribution in [1.82, 2.24) is 14.9 Å². The van der Waals surface area contributed by atoms with Crippen LogP contribution in [0.1, 0.15) is 18.2 Å².